The number of carbonyl (C=O) groups is 4. The molecule has 0 saturated carbocycles. The van der Waals surface area contributed by atoms with Crippen molar-refractivity contribution in [1.29, 1.82) is 0 Å². The average Bonchev–Trinajstić information content (AvgIpc) is 3.40. The molecule has 0 N–H and O–H groups in total. The second kappa shape index (κ2) is 12.3. The minimum Gasteiger partial charge on any atom is -0.463 e. The zero-order valence-corrected chi connectivity index (χ0v) is 22.8. The second-order valence-electron chi connectivity index (χ2n) is 8.81. The Balaban J connectivity index is 1.70. The Morgan fingerprint density at radius 3 is 2.15 bits per heavy atom. The molecule has 1 fully saturated rings. The van der Waals surface area contributed by atoms with E-state index in [9.17, 15) is 24.0 Å². The smallest absolute Gasteiger partial charge is 0.345 e. The van der Waals surface area contributed by atoms with Crippen LogP contribution in [0.3, 0.4) is 0 Å². The summed E-state index contributed by atoms with van der Waals surface area (Å²) in [4.78, 5) is 60.8. The topological polar surface area (TPSA) is 154 Å². The third-order valence-corrected chi connectivity index (χ3v) is 6.60. The highest BCUT2D eigenvalue weighted by Crippen LogP contribution is 2.32. The summed E-state index contributed by atoms with van der Waals surface area (Å²) < 4.78 is 38.7. The van der Waals surface area contributed by atoms with Gasteiger partial charge in [-0.05, 0) is 29.6 Å². The minimum atomic E-state index is -1.42. The third kappa shape index (κ3) is 6.85. The number of esters is 4. The molecule has 5 atom stereocenters. The van der Waals surface area contributed by atoms with Crippen LogP contribution >= 0.6 is 11.3 Å². The van der Waals surface area contributed by atoms with Crippen LogP contribution < -0.4 is 10.4 Å². The molecule has 5 unspecified atom stereocenters. The lowest BCUT2D eigenvalue weighted by Crippen LogP contribution is -2.63. The van der Waals surface area contributed by atoms with Crippen molar-refractivity contribution >= 4 is 46.2 Å². The van der Waals surface area contributed by atoms with Crippen molar-refractivity contribution in [3.05, 3.63) is 52.2 Å². The Hall–Kier alpha value is -4.23. The molecule has 1 aromatic carbocycles. The van der Waals surface area contributed by atoms with Gasteiger partial charge in [-0.25, -0.2) is 4.79 Å². The fourth-order valence-corrected chi connectivity index (χ4v) is 4.92. The number of rotatable bonds is 8. The van der Waals surface area contributed by atoms with Crippen molar-refractivity contribution in [2.75, 3.05) is 6.61 Å². The minimum absolute atomic E-state index is 0.153. The van der Waals surface area contributed by atoms with E-state index < -0.39 is 66.8 Å². The number of carbonyl (C=O) groups excluding carboxylic acids is 4. The standard InChI is InChI=1S/C27H26O12S/c1-13(28)33-12-21-23(34-14(2)29)24(35-15(3)30)25(36-16(4)31)27(39-21)37-18-8-7-17-10-19(22-6-5-9-40-22)26(32)38-20(17)11-18/h5-11,21,23-25,27H,12H2,1-4H3. The maximum atomic E-state index is 12.6. The molecule has 0 spiro atoms. The number of fused-ring (bicyclic) bond motifs is 1. The van der Waals surface area contributed by atoms with Crippen LogP contribution in [-0.2, 0) is 42.9 Å². The molecule has 4 rings (SSSR count). The molecular formula is C27H26O12S. The van der Waals surface area contributed by atoms with Gasteiger partial charge < -0.3 is 32.8 Å². The van der Waals surface area contributed by atoms with Gasteiger partial charge in [0.1, 0.15) is 24.0 Å². The fraction of sp³-hybridized carbons (Fsp3) is 0.370. The molecule has 13 heteroatoms. The molecule has 0 bridgehead atoms. The Morgan fingerprint density at radius 1 is 0.850 bits per heavy atom. The first kappa shape index (κ1) is 28.8. The SMILES string of the molecule is CC(=O)OCC1OC(Oc2ccc3cc(-c4cccs4)c(=O)oc3c2)C(OC(C)=O)C(OC(C)=O)C1OC(C)=O. The lowest BCUT2D eigenvalue weighted by molar-refractivity contribution is -0.288. The summed E-state index contributed by atoms with van der Waals surface area (Å²) in [7, 11) is 0. The van der Waals surface area contributed by atoms with Crippen LogP contribution in [0.4, 0.5) is 0 Å². The van der Waals surface area contributed by atoms with E-state index in [1.54, 1.807) is 18.2 Å². The average molecular weight is 575 g/mol. The third-order valence-electron chi connectivity index (χ3n) is 5.69. The molecule has 1 aliphatic rings. The van der Waals surface area contributed by atoms with E-state index in [1.165, 1.54) is 24.3 Å². The maximum Gasteiger partial charge on any atom is 0.345 e. The fourth-order valence-electron chi connectivity index (χ4n) is 4.19. The van der Waals surface area contributed by atoms with E-state index in [2.05, 4.69) is 0 Å². The highest BCUT2D eigenvalue weighted by molar-refractivity contribution is 7.13. The van der Waals surface area contributed by atoms with E-state index >= 15 is 0 Å². The molecule has 3 aromatic rings. The molecule has 1 aliphatic heterocycles. The zero-order valence-electron chi connectivity index (χ0n) is 21.9. The molecule has 1 saturated heterocycles. The van der Waals surface area contributed by atoms with Crippen molar-refractivity contribution in [2.24, 2.45) is 0 Å². The van der Waals surface area contributed by atoms with Crippen molar-refractivity contribution in [3.63, 3.8) is 0 Å². The summed E-state index contributed by atoms with van der Waals surface area (Å²) in [5.41, 5.74) is 0.0867. The molecule has 40 heavy (non-hydrogen) atoms. The molecule has 0 aliphatic carbocycles. The first-order valence-electron chi connectivity index (χ1n) is 12.1. The van der Waals surface area contributed by atoms with Crippen molar-refractivity contribution < 1.29 is 52.0 Å². The molecule has 0 radical (unpaired) electrons. The summed E-state index contributed by atoms with van der Waals surface area (Å²) in [5, 5.41) is 2.47. The molecule has 2 aromatic heterocycles. The highest BCUT2D eigenvalue weighted by atomic mass is 32.1. The van der Waals surface area contributed by atoms with E-state index in [1.807, 2.05) is 17.5 Å². The molecular weight excluding hydrogens is 548 g/mol. The van der Waals surface area contributed by atoms with Gasteiger partial charge in [0.2, 0.25) is 12.4 Å². The van der Waals surface area contributed by atoms with Crippen LogP contribution in [0.15, 0.2) is 51.0 Å². The summed E-state index contributed by atoms with van der Waals surface area (Å²) in [6.45, 7) is 4.16. The normalized spacial score (nSPS) is 22.2. The monoisotopic (exact) mass is 574 g/mol. The van der Waals surface area contributed by atoms with Gasteiger partial charge in [-0.1, -0.05) is 6.07 Å². The number of hydrogen-bond acceptors (Lipinski definition) is 13. The van der Waals surface area contributed by atoms with Gasteiger partial charge in [0.25, 0.3) is 0 Å². The second-order valence-corrected chi connectivity index (χ2v) is 9.76. The largest absolute Gasteiger partial charge is 0.463 e. The number of hydrogen-bond donors (Lipinski definition) is 0. The van der Waals surface area contributed by atoms with E-state index in [0.717, 1.165) is 25.6 Å². The van der Waals surface area contributed by atoms with Gasteiger partial charge in [-0.2, -0.15) is 0 Å². The van der Waals surface area contributed by atoms with Crippen LogP contribution in [0.25, 0.3) is 21.4 Å². The summed E-state index contributed by atoms with van der Waals surface area (Å²) in [6, 6.07) is 10.0. The number of thiophene rings is 1. The lowest BCUT2D eigenvalue weighted by Gasteiger charge is -2.43. The summed E-state index contributed by atoms with van der Waals surface area (Å²) in [6.07, 6.45) is -6.68. The van der Waals surface area contributed by atoms with Gasteiger partial charge in [-0.15, -0.1) is 11.3 Å². The quantitative estimate of drug-likeness (QED) is 0.221. The predicted molar refractivity (Wildman–Crippen MR) is 138 cm³/mol. The summed E-state index contributed by atoms with van der Waals surface area (Å²) in [5.74, 6) is -2.75. The molecule has 212 valence electrons. The van der Waals surface area contributed by atoms with Gasteiger partial charge in [0.15, 0.2) is 12.2 Å². The molecule has 12 nitrogen and oxygen atoms in total. The first-order valence-corrected chi connectivity index (χ1v) is 13.0. The Kier molecular flexibility index (Phi) is 8.85. The van der Waals surface area contributed by atoms with Gasteiger partial charge in [-0.3, -0.25) is 19.2 Å². The number of ether oxygens (including phenoxy) is 6. The van der Waals surface area contributed by atoms with Crippen LogP contribution in [0, 0.1) is 0 Å². The number of benzene rings is 1. The van der Waals surface area contributed by atoms with E-state index in [0.29, 0.717) is 10.9 Å². The first-order chi connectivity index (χ1) is 19.0. The van der Waals surface area contributed by atoms with Crippen molar-refractivity contribution in [2.45, 2.75) is 58.4 Å². The Morgan fingerprint density at radius 2 is 1.52 bits per heavy atom. The van der Waals surface area contributed by atoms with E-state index in [4.69, 9.17) is 32.8 Å². The molecule has 3 heterocycles. The van der Waals surface area contributed by atoms with Crippen molar-refractivity contribution in [1.82, 2.24) is 0 Å². The van der Waals surface area contributed by atoms with E-state index in [-0.39, 0.29) is 11.3 Å². The van der Waals surface area contributed by atoms with Gasteiger partial charge in [0, 0.05) is 44.0 Å². The molecule has 0 amide bonds. The van der Waals surface area contributed by atoms with Gasteiger partial charge >= 0.3 is 29.5 Å². The Bertz CT molecular complexity index is 1460. The van der Waals surface area contributed by atoms with Crippen LogP contribution in [0.2, 0.25) is 0 Å². The zero-order chi connectivity index (χ0) is 29.0. The lowest BCUT2D eigenvalue weighted by atomic mass is 9.98. The maximum absolute atomic E-state index is 12.6. The Labute approximate surface area is 231 Å². The van der Waals surface area contributed by atoms with Crippen LogP contribution in [0.5, 0.6) is 5.75 Å². The predicted octanol–water partition coefficient (Wildman–Crippen LogP) is 2.98. The van der Waals surface area contributed by atoms with Crippen LogP contribution in [0.1, 0.15) is 27.7 Å². The van der Waals surface area contributed by atoms with Crippen molar-refractivity contribution in [3.8, 4) is 16.2 Å². The highest BCUT2D eigenvalue weighted by Gasteiger charge is 2.53. The van der Waals surface area contributed by atoms with Crippen LogP contribution in [-0.4, -0.2) is 61.2 Å². The van der Waals surface area contributed by atoms with Gasteiger partial charge in [0.05, 0.1) is 5.56 Å². The summed E-state index contributed by atoms with van der Waals surface area (Å²) >= 11 is 1.40.